The fourth-order valence-electron chi connectivity index (χ4n) is 1.47. The van der Waals surface area contributed by atoms with Crippen LogP contribution in [0.4, 0.5) is 4.39 Å². The van der Waals surface area contributed by atoms with E-state index in [4.69, 9.17) is 10.5 Å². The Balaban J connectivity index is 2.88. The highest BCUT2D eigenvalue weighted by atomic mass is 19.1. The summed E-state index contributed by atoms with van der Waals surface area (Å²) >= 11 is 0. The molecule has 0 aliphatic rings. The van der Waals surface area contributed by atoms with Crippen molar-refractivity contribution in [2.75, 3.05) is 13.7 Å². The molecular formula is C12H16FNO3. The SMILES string of the molecule is CCOC(=O)C(F)[C@H](N)c1ccccc1OC. The summed E-state index contributed by atoms with van der Waals surface area (Å²) in [5, 5.41) is 0. The lowest BCUT2D eigenvalue weighted by atomic mass is 10.0. The summed E-state index contributed by atoms with van der Waals surface area (Å²) in [6.07, 6.45) is -1.90. The van der Waals surface area contributed by atoms with Crippen LogP contribution in [0, 0.1) is 0 Å². The number of methoxy groups -OCH3 is 1. The number of rotatable bonds is 5. The monoisotopic (exact) mass is 241 g/mol. The smallest absolute Gasteiger partial charge is 0.342 e. The van der Waals surface area contributed by atoms with Crippen LogP contribution in [-0.4, -0.2) is 25.9 Å². The Morgan fingerprint density at radius 3 is 2.71 bits per heavy atom. The van der Waals surface area contributed by atoms with Crippen molar-refractivity contribution in [2.24, 2.45) is 5.73 Å². The van der Waals surface area contributed by atoms with Crippen LogP contribution in [0.2, 0.25) is 0 Å². The minimum absolute atomic E-state index is 0.123. The van der Waals surface area contributed by atoms with Gasteiger partial charge in [0.1, 0.15) is 5.75 Å². The van der Waals surface area contributed by atoms with Gasteiger partial charge in [-0.25, -0.2) is 9.18 Å². The number of carbonyl (C=O) groups excluding carboxylic acids is 1. The van der Waals surface area contributed by atoms with Crippen molar-refractivity contribution >= 4 is 5.97 Å². The van der Waals surface area contributed by atoms with E-state index in [9.17, 15) is 9.18 Å². The Kier molecular flexibility index (Phi) is 4.90. The van der Waals surface area contributed by atoms with Crippen molar-refractivity contribution in [1.29, 1.82) is 0 Å². The maximum Gasteiger partial charge on any atom is 0.342 e. The predicted octanol–water partition coefficient (Wildman–Crippen LogP) is 1.60. The minimum atomic E-state index is -1.90. The van der Waals surface area contributed by atoms with Crippen molar-refractivity contribution in [1.82, 2.24) is 0 Å². The van der Waals surface area contributed by atoms with Crippen LogP contribution in [0.1, 0.15) is 18.5 Å². The normalized spacial score (nSPS) is 13.9. The molecule has 2 atom stereocenters. The van der Waals surface area contributed by atoms with E-state index in [0.29, 0.717) is 11.3 Å². The number of halogens is 1. The molecule has 0 aliphatic carbocycles. The second-order valence-electron chi connectivity index (χ2n) is 3.42. The van der Waals surface area contributed by atoms with Gasteiger partial charge in [-0.3, -0.25) is 0 Å². The third-order valence-electron chi connectivity index (χ3n) is 2.33. The fourth-order valence-corrected chi connectivity index (χ4v) is 1.47. The Morgan fingerprint density at radius 1 is 1.47 bits per heavy atom. The lowest BCUT2D eigenvalue weighted by Gasteiger charge is -2.18. The lowest BCUT2D eigenvalue weighted by Crippen LogP contribution is -2.31. The number of carbonyl (C=O) groups is 1. The molecule has 94 valence electrons. The molecule has 0 radical (unpaired) electrons. The van der Waals surface area contributed by atoms with Crippen LogP contribution in [0.15, 0.2) is 24.3 Å². The molecule has 0 bridgehead atoms. The van der Waals surface area contributed by atoms with Gasteiger partial charge >= 0.3 is 5.97 Å². The Labute approximate surface area is 99.5 Å². The molecule has 5 heteroatoms. The number of alkyl halides is 1. The highest BCUT2D eigenvalue weighted by molar-refractivity contribution is 5.76. The summed E-state index contributed by atoms with van der Waals surface area (Å²) in [6.45, 7) is 1.73. The maximum atomic E-state index is 13.7. The van der Waals surface area contributed by atoms with Gasteiger partial charge < -0.3 is 15.2 Å². The van der Waals surface area contributed by atoms with Crippen LogP contribution < -0.4 is 10.5 Å². The zero-order valence-corrected chi connectivity index (χ0v) is 9.85. The molecule has 0 saturated carbocycles. The van der Waals surface area contributed by atoms with Gasteiger partial charge in [0.2, 0.25) is 6.17 Å². The van der Waals surface area contributed by atoms with E-state index >= 15 is 0 Å². The quantitative estimate of drug-likeness (QED) is 0.795. The van der Waals surface area contributed by atoms with Gasteiger partial charge in [-0.05, 0) is 13.0 Å². The second-order valence-corrected chi connectivity index (χ2v) is 3.42. The Bertz CT molecular complexity index is 384. The number of benzene rings is 1. The molecule has 17 heavy (non-hydrogen) atoms. The largest absolute Gasteiger partial charge is 0.496 e. The second kappa shape index (κ2) is 6.20. The highest BCUT2D eigenvalue weighted by Crippen LogP contribution is 2.27. The van der Waals surface area contributed by atoms with Crippen LogP contribution >= 0.6 is 0 Å². The van der Waals surface area contributed by atoms with Crippen molar-refractivity contribution in [3.8, 4) is 5.75 Å². The van der Waals surface area contributed by atoms with Gasteiger partial charge in [-0.1, -0.05) is 18.2 Å². The zero-order valence-electron chi connectivity index (χ0n) is 9.85. The first-order chi connectivity index (χ1) is 8.11. The van der Waals surface area contributed by atoms with E-state index < -0.39 is 18.2 Å². The molecule has 0 amide bonds. The van der Waals surface area contributed by atoms with Gasteiger partial charge in [0.05, 0.1) is 19.8 Å². The summed E-state index contributed by atoms with van der Waals surface area (Å²) in [6, 6.07) is 5.63. The number of nitrogens with two attached hydrogens (primary N) is 1. The first-order valence-corrected chi connectivity index (χ1v) is 5.31. The molecule has 1 aromatic rings. The predicted molar refractivity (Wildman–Crippen MR) is 61.5 cm³/mol. The van der Waals surface area contributed by atoms with E-state index in [2.05, 4.69) is 4.74 Å². The molecule has 1 unspecified atom stereocenters. The molecule has 1 aromatic carbocycles. The van der Waals surface area contributed by atoms with Crippen LogP contribution in [-0.2, 0) is 9.53 Å². The molecule has 4 nitrogen and oxygen atoms in total. The van der Waals surface area contributed by atoms with Crippen molar-refractivity contribution < 1.29 is 18.7 Å². The molecular weight excluding hydrogens is 225 g/mol. The Morgan fingerprint density at radius 2 is 2.12 bits per heavy atom. The van der Waals surface area contributed by atoms with Crippen molar-refractivity contribution in [3.05, 3.63) is 29.8 Å². The summed E-state index contributed by atoms with van der Waals surface area (Å²) < 4.78 is 23.4. The van der Waals surface area contributed by atoms with Gasteiger partial charge in [0.15, 0.2) is 0 Å². The van der Waals surface area contributed by atoms with Gasteiger partial charge in [-0.15, -0.1) is 0 Å². The molecule has 0 heterocycles. The zero-order chi connectivity index (χ0) is 12.8. The fraction of sp³-hybridized carbons (Fsp3) is 0.417. The van der Waals surface area contributed by atoms with E-state index in [-0.39, 0.29) is 6.61 Å². The Hall–Kier alpha value is -1.62. The van der Waals surface area contributed by atoms with Crippen molar-refractivity contribution in [3.63, 3.8) is 0 Å². The van der Waals surface area contributed by atoms with E-state index in [1.807, 2.05) is 0 Å². The summed E-state index contributed by atoms with van der Waals surface area (Å²) in [5.41, 5.74) is 6.13. The average Bonchev–Trinajstić information content (AvgIpc) is 2.37. The summed E-state index contributed by atoms with van der Waals surface area (Å²) in [7, 11) is 1.46. The standard InChI is InChI=1S/C12H16FNO3/c1-3-17-12(15)10(13)11(14)8-6-4-5-7-9(8)16-2/h4-7,10-11H,3,14H2,1-2H3/t10?,11-/m1/s1. The molecule has 0 aliphatic heterocycles. The number of ether oxygens (including phenoxy) is 2. The van der Waals surface area contributed by atoms with Crippen LogP contribution in [0.5, 0.6) is 5.75 Å². The molecule has 2 N–H and O–H groups in total. The van der Waals surface area contributed by atoms with Gasteiger partial charge in [0, 0.05) is 5.56 Å². The maximum absolute atomic E-state index is 13.7. The number of para-hydroxylation sites is 1. The summed E-state index contributed by atoms with van der Waals surface area (Å²) in [4.78, 5) is 11.2. The topological polar surface area (TPSA) is 61.5 Å². The van der Waals surface area contributed by atoms with Gasteiger partial charge in [0.25, 0.3) is 0 Å². The van der Waals surface area contributed by atoms with Crippen LogP contribution in [0.25, 0.3) is 0 Å². The lowest BCUT2D eigenvalue weighted by molar-refractivity contribution is -0.149. The van der Waals surface area contributed by atoms with E-state index in [1.54, 1.807) is 31.2 Å². The summed E-state index contributed by atoms with van der Waals surface area (Å²) in [5.74, 6) is -0.502. The van der Waals surface area contributed by atoms with E-state index in [0.717, 1.165) is 0 Å². The number of esters is 1. The highest BCUT2D eigenvalue weighted by Gasteiger charge is 2.29. The molecule has 0 fully saturated rings. The van der Waals surface area contributed by atoms with Crippen LogP contribution in [0.3, 0.4) is 0 Å². The molecule has 0 spiro atoms. The first kappa shape index (κ1) is 13.4. The van der Waals surface area contributed by atoms with E-state index in [1.165, 1.54) is 7.11 Å². The first-order valence-electron chi connectivity index (χ1n) is 5.31. The average molecular weight is 241 g/mol. The van der Waals surface area contributed by atoms with Crippen molar-refractivity contribution in [2.45, 2.75) is 19.1 Å². The molecule has 0 aromatic heterocycles. The minimum Gasteiger partial charge on any atom is -0.496 e. The molecule has 0 saturated heterocycles. The van der Waals surface area contributed by atoms with Gasteiger partial charge in [-0.2, -0.15) is 0 Å². The number of hydrogen-bond donors (Lipinski definition) is 1. The third-order valence-corrected chi connectivity index (χ3v) is 2.33. The number of hydrogen-bond acceptors (Lipinski definition) is 4. The molecule has 1 rings (SSSR count). The third kappa shape index (κ3) is 3.17.